The Kier molecular flexibility index (Phi) is 3.15. The van der Waals surface area contributed by atoms with Gasteiger partial charge < -0.3 is 4.74 Å². The molecule has 0 saturated carbocycles. The Bertz CT molecular complexity index is 803. The summed E-state index contributed by atoms with van der Waals surface area (Å²) in [6.45, 7) is 1.75. The highest BCUT2D eigenvalue weighted by Crippen LogP contribution is 2.37. The van der Waals surface area contributed by atoms with E-state index in [0.717, 1.165) is 0 Å². The third-order valence-corrected chi connectivity index (χ3v) is 3.15. The van der Waals surface area contributed by atoms with E-state index in [9.17, 15) is 0 Å². The van der Waals surface area contributed by atoms with Crippen LogP contribution in [-0.4, -0.2) is 36.7 Å². The van der Waals surface area contributed by atoms with Crippen molar-refractivity contribution in [1.82, 2.24) is 29.5 Å². The second kappa shape index (κ2) is 4.84. The molecule has 0 amide bonds. The lowest BCUT2D eigenvalue weighted by Crippen LogP contribution is -2.03. The molecule has 102 valence electrons. The Morgan fingerprint density at radius 2 is 2.05 bits per heavy atom. The number of halogens is 2. The van der Waals surface area contributed by atoms with Crippen molar-refractivity contribution in [3.05, 3.63) is 28.5 Å². The first kappa shape index (κ1) is 13.0. The first-order valence-corrected chi connectivity index (χ1v) is 6.30. The molecule has 0 aliphatic rings. The minimum Gasteiger partial charge on any atom is -0.480 e. The van der Waals surface area contributed by atoms with Crippen molar-refractivity contribution >= 4 is 29.0 Å². The van der Waals surface area contributed by atoms with E-state index >= 15 is 0 Å². The molecule has 0 fully saturated rings. The highest BCUT2D eigenvalue weighted by Gasteiger charge is 2.21. The Labute approximate surface area is 123 Å². The maximum Gasteiger partial charge on any atom is 0.257 e. The lowest BCUT2D eigenvalue weighted by atomic mass is 10.2. The lowest BCUT2D eigenvalue weighted by molar-refractivity contribution is 0.386. The molecule has 9 heteroatoms. The summed E-state index contributed by atoms with van der Waals surface area (Å²) in [5.74, 6) is 1.26. The topological polar surface area (TPSA) is 78.1 Å². The highest BCUT2D eigenvalue weighted by atomic mass is 35.5. The predicted molar refractivity (Wildman–Crippen MR) is 73.1 cm³/mol. The molecule has 0 aliphatic carbocycles. The molecule has 0 saturated heterocycles. The van der Waals surface area contributed by atoms with Crippen molar-refractivity contribution < 1.29 is 4.74 Å². The van der Waals surface area contributed by atoms with Crippen LogP contribution in [0.4, 0.5) is 0 Å². The van der Waals surface area contributed by atoms with Crippen molar-refractivity contribution in [1.29, 1.82) is 0 Å². The van der Waals surface area contributed by atoms with E-state index in [2.05, 4.69) is 25.0 Å². The minimum atomic E-state index is 0.183. The number of hydrogen-bond donors (Lipinski definition) is 0. The molecule has 0 unspecified atom stereocenters. The smallest absolute Gasteiger partial charge is 0.257 e. The Morgan fingerprint density at radius 3 is 2.75 bits per heavy atom. The van der Waals surface area contributed by atoms with Crippen molar-refractivity contribution in [2.75, 3.05) is 7.11 Å². The van der Waals surface area contributed by atoms with Gasteiger partial charge in [-0.05, 0) is 6.92 Å². The summed E-state index contributed by atoms with van der Waals surface area (Å²) in [5.41, 5.74) is 0.866. The first-order valence-electron chi connectivity index (χ1n) is 5.54. The average Bonchev–Trinajstić information content (AvgIpc) is 2.78. The molecule has 0 aromatic carbocycles. The van der Waals surface area contributed by atoms with Gasteiger partial charge in [0.05, 0.1) is 12.1 Å². The largest absolute Gasteiger partial charge is 0.480 e. The highest BCUT2D eigenvalue weighted by molar-refractivity contribution is 6.35. The van der Waals surface area contributed by atoms with Gasteiger partial charge in [0.15, 0.2) is 0 Å². The van der Waals surface area contributed by atoms with Gasteiger partial charge >= 0.3 is 0 Å². The van der Waals surface area contributed by atoms with Gasteiger partial charge in [-0.2, -0.15) is 14.5 Å². The van der Waals surface area contributed by atoms with Crippen molar-refractivity contribution in [3.63, 3.8) is 0 Å². The average molecular weight is 311 g/mol. The van der Waals surface area contributed by atoms with Crippen molar-refractivity contribution in [2.24, 2.45) is 0 Å². The lowest BCUT2D eigenvalue weighted by Gasteiger charge is -2.10. The fourth-order valence-electron chi connectivity index (χ4n) is 1.83. The van der Waals surface area contributed by atoms with Gasteiger partial charge in [-0.25, -0.2) is 9.97 Å². The number of aryl methyl sites for hydroxylation is 1. The van der Waals surface area contributed by atoms with Gasteiger partial charge in [-0.3, -0.25) is 0 Å². The zero-order chi connectivity index (χ0) is 14.3. The van der Waals surface area contributed by atoms with Crippen LogP contribution in [0.15, 0.2) is 12.5 Å². The fraction of sp³-hybridized carbons (Fsp3) is 0.182. The number of hydrogen-bond acceptors (Lipinski definition) is 6. The van der Waals surface area contributed by atoms with E-state index in [1.807, 2.05) is 0 Å². The standard InChI is InChI=1S/C11H8Cl2N6O/c1-5-16-11-17-9(13)7(10(20-2)19(11)18-5)8-6(12)3-14-4-15-8/h3-4H,1-2H3. The van der Waals surface area contributed by atoms with Gasteiger partial charge in [-0.1, -0.05) is 23.2 Å². The molecule has 7 nitrogen and oxygen atoms in total. The molecule has 20 heavy (non-hydrogen) atoms. The van der Waals surface area contributed by atoms with Gasteiger partial charge in [0.2, 0.25) is 5.88 Å². The molecular weight excluding hydrogens is 303 g/mol. The quantitative estimate of drug-likeness (QED) is 0.675. The Balaban J connectivity index is 2.40. The summed E-state index contributed by atoms with van der Waals surface area (Å²) in [6, 6.07) is 0. The van der Waals surface area contributed by atoms with Crippen LogP contribution in [0.5, 0.6) is 5.88 Å². The molecule has 0 radical (unpaired) electrons. The molecule has 0 spiro atoms. The number of ether oxygens (including phenoxy) is 1. The SMILES string of the molecule is COc1c(-c2ncncc2Cl)c(Cl)nc2nc(C)nn12. The predicted octanol–water partition coefficient (Wildman–Crippen LogP) is 2.21. The van der Waals surface area contributed by atoms with Crippen LogP contribution in [0.1, 0.15) is 5.82 Å². The first-order chi connectivity index (χ1) is 9.61. The Hall–Kier alpha value is -1.99. The van der Waals surface area contributed by atoms with Crippen LogP contribution in [0.2, 0.25) is 10.2 Å². The van der Waals surface area contributed by atoms with E-state index in [1.165, 1.54) is 24.1 Å². The summed E-state index contributed by atoms with van der Waals surface area (Å²) in [5, 5.41) is 4.74. The van der Waals surface area contributed by atoms with Gasteiger partial charge in [-0.15, -0.1) is 5.10 Å². The van der Waals surface area contributed by atoms with Crippen molar-refractivity contribution in [2.45, 2.75) is 6.92 Å². The van der Waals surface area contributed by atoms with E-state index < -0.39 is 0 Å². The van der Waals surface area contributed by atoms with Gasteiger partial charge in [0.1, 0.15) is 28.6 Å². The van der Waals surface area contributed by atoms with E-state index in [0.29, 0.717) is 33.8 Å². The monoisotopic (exact) mass is 310 g/mol. The van der Waals surface area contributed by atoms with Gasteiger partial charge in [0, 0.05) is 6.20 Å². The Morgan fingerprint density at radius 1 is 1.25 bits per heavy atom. The number of fused-ring (bicyclic) bond motifs is 1. The summed E-state index contributed by atoms with van der Waals surface area (Å²) in [4.78, 5) is 16.3. The molecule has 0 atom stereocenters. The summed E-state index contributed by atoms with van der Waals surface area (Å²) < 4.78 is 6.83. The van der Waals surface area contributed by atoms with E-state index in [4.69, 9.17) is 27.9 Å². The second-order valence-electron chi connectivity index (χ2n) is 3.88. The zero-order valence-corrected chi connectivity index (χ0v) is 12.0. The zero-order valence-electron chi connectivity index (χ0n) is 10.5. The fourth-order valence-corrected chi connectivity index (χ4v) is 2.28. The number of rotatable bonds is 2. The normalized spacial score (nSPS) is 11.0. The van der Waals surface area contributed by atoms with Crippen LogP contribution in [0.25, 0.3) is 17.0 Å². The molecule has 0 aliphatic heterocycles. The van der Waals surface area contributed by atoms with Crippen LogP contribution in [0, 0.1) is 6.92 Å². The molecule has 3 rings (SSSR count). The van der Waals surface area contributed by atoms with Gasteiger partial charge in [0.25, 0.3) is 5.78 Å². The molecule has 3 heterocycles. The molecule has 0 N–H and O–H groups in total. The molecule has 0 bridgehead atoms. The maximum absolute atomic E-state index is 6.21. The molecule has 3 aromatic rings. The van der Waals surface area contributed by atoms with E-state index in [1.54, 1.807) is 6.92 Å². The number of methoxy groups -OCH3 is 1. The van der Waals surface area contributed by atoms with Crippen LogP contribution in [-0.2, 0) is 0 Å². The number of nitrogens with zero attached hydrogens (tertiary/aromatic N) is 6. The molecular formula is C11H8Cl2N6O. The summed E-state index contributed by atoms with van der Waals surface area (Å²) >= 11 is 12.3. The third-order valence-electron chi connectivity index (χ3n) is 2.60. The van der Waals surface area contributed by atoms with Crippen LogP contribution in [0.3, 0.4) is 0 Å². The van der Waals surface area contributed by atoms with Crippen LogP contribution < -0.4 is 4.74 Å². The maximum atomic E-state index is 6.21. The molecule has 3 aromatic heterocycles. The summed E-state index contributed by atoms with van der Waals surface area (Å²) in [7, 11) is 1.50. The minimum absolute atomic E-state index is 0.183. The third kappa shape index (κ3) is 1.95. The second-order valence-corrected chi connectivity index (χ2v) is 4.64. The van der Waals surface area contributed by atoms with Crippen molar-refractivity contribution in [3.8, 4) is 17.1 Å². The van der Waals surface area contributed by atoms with E-state index in [-0.39, 0.29) is 5.15 Å². The van der Waals surface area contributed by atoms with Crippen LogP contribution >= 0.6 is 23.2 Å². The summed E-state index contributed by atoms with van der Waals surface area (Å²) in [6.07, 6.45) is 2.84. The number of aromatic nitrogens is 6.